The molecule has 1 aliphatic heterocycles. The van der Waals surface area contributed by atoms with Crippen LogP contribution in [0.5, 0.6) is 5.75 Å². The number of hydrazone groups is 1. The van der Waals surface area contributed by atoms with Crippen molar-refractivity contribution in [2.24, 2.45) is 11.0 Å². The van der Waals surface area contributed by atoms with Crippen molar-refractivity contribution in [3.8, 4) is 5.75 Å². The summed E-state index contributed by atoms with van der Waals surface area (Å²) in [5.74, 6) is 0.915. The van der Waals surface area contributed by atoms with E-state index in [4.69, 9.17) is 4.74 Å². The van der Waals surface area contributed by atoms with Gasteiger partial charge in [0.2, 0.25) is 0 Å². The van der Waals surface area contributed by atoms with Gasteiger partial charge < -0.3 is 4.74 Å². The SMILES string of the molecule is CCC1=NN(CCCOc2ccccc2)C(=O)C1C. The largest absolute Gasteiger partial charge is 0.494 e. The molecule has 0 N–H and O–H groups in total. The average Bonchev–Trinajstić information content (AvgIpc) is 2.72. The van der Waals surface area contributed by atoms with E-state index in [0.29, 0.717) is 13.2 Å². The second kappa shape index (κ2) is 6.36. The van der Waals surface area contributed by atoms with Gasteiger partial charge in [-0.15, -0.1) is 0 Å². The Morgan fingerprint density at radius 1 is 1.32 bits per heavy atom. The van der Waals surface area contributed by atoms with Crippen LogP contribution in [-0.4, -0.2) is 29.8 Å². The third kappa shape index (κ3) is 3.34. The minimum Gasteiger partial charge on any atom is -0.494 e. The Hall–Kier alpha value is -1.84. The first-order valence-electron chi connectivity index (χ1n) is 6.79. The minimum absolute atomic E-state index is 0.0555. The highest BCUT2D eigenvalue weighted by Crippen LogP contribution is 2.17. The normalized spacial score (nSPS) is 18.6. The van der Waals surface area contributed by atoms with Gasteiger partial charge in [-0.05, 0) is 25.5 Å². The van der Waals surface area contributed by atoms with Gasteiger partial charge in [-0.1, -0.05) is 25.1 Å². The predicted molar refractivity (Wildman–Crippen MR) is 75.2 cm³/mol. The Morgan fingerprint density at radius 2 is 2.05 bits per heavy atom. The van der Waals surface area contributed by atoms with E-state index in [9.17, 15) is 4.79 Å². The lowest BCUT2D eigenvalue weighted by molar-refractivity contribution is -0.131. The van der Waals surface area contributed by atoms with E-state index in [0.717, 1.165) is 24.3 Å². The molecule has 1 unspecified atom stereocenters. The number of ether oxygens (including phenoxy) is 1. The molecule has 0 aliphatic carbocycles. The van der Waals surface area contributed by atoms with Crippen molar-refractivity contribution in [3.63, 3.8) is 0 Å². The van der Waals surface area contributed by atoms with Crippen molar-refractivity contribution < 1.29 is 9.53 Å². The molecule has 19 heavy (non-hydrogen) atoms. The summed E-state index contributed by atoms with van der Waals surface area (Å²) >= 11 is 0. The van der Waals surface area contributed by atoms with Crippen molar-refractivity contribution >= 4 is 11.6 Å². The molecule has 0 spiro atoms. The summed E-state index contributed by atoms with van der Waals surface area (Å²) in [7, 11) is 0. The number of benzene rings is 1. The Bertz CT molecular complexity index is 456. The molecule has 4 heteroatoms. The maximum absolute atomic E-state index is 11.9. The number of para-hydroxylation sites is 1. The number of carbonyl (C=O) groups excluding carboxylic acids is 1. The fourth-order valence-corrected chi connectivity index (χ4v) is 2.12. The molecule has 0 radical (unpaired) electrons. The summed E-state index contributed by atoms with van der Waals surface area (Å²) in [4.78, 5) is 11.9. The number of hydrogen-bond donors (Lipinski definition) is 0. The van der Waals surface area contributed by atoms with E-state index in [-0.39, 0.29) is 11.8 Å². The Kier molecular flexibility index (Phi) is 4.55. The van der Waals surface area contributed by atoms with E-state index in [1.807, 2.05) is 44.2 Å². The van der Waals surface area contributed by atoms with Crippen LogP contribution in [0.1, 0.15) is 26.7 Å². The first-order chi connectivity index (χ1) is 9.22. The molecular formula is C15H20N2O2. The summed E-state index contributed by atoms with van der Waals surface area (Å²) in [5.41, 5.74) is 0.981. The van der Waals surface area contributed by atoms with E-state index in [2.05, 4.69) is 5.10 Å². The molecule has 1 aromatic rings. The van der Waals surface area contributed by atoms with Crippen LogP contribution in [0.25, 0.3) is 0 Å². The number of hydrogen-bond acceptors (Lipinski definition) is 3. The topological polar surface area (TPSA) is 41.9 Å². The van der Waals surface area contributed by atoms with Crippen LogP contribution in [0, 0.1) is 5.92 Å². The zero-order chi connectivity index (χ0) is 13.7. The van der Waals surface area contributed by atoms with Gasteiger partial charge in [0.05, 0.1) is 18.2 Å². The second-order valence-electron chi connectivity index (χ2n) is 4.64. The molecule has 0 saturated heterocycles. The van der Waals surface area contributed by atoms with Gasteiger partial charge in [-0.2, -0.15) is 5.10 Å². The highest BCUT2D eigenvalue weighted by atomic mass is 16.5. The maximum atomic E-state index is 11.9. The van der Waals surface area contributed by atoms with Gasteiger partial charge >= 0.3 is 0 Å². The monoisotopic (exact) mass is 260 g/mol. The zero-order valence-corrected chi connectivity index (χ0v) is 11.5. The molecule has 0 bridgehead atoms. The first kappa shape index (κ1) is 13.6. The van der Waals surface area contributed by atoms with E-state index < -0.39 is 0 Å². The smallest absolute Gasteiger partial charge is 0.251 e. The molecule has 1 aliphatic rings. The molecule has 4 nitrogen and oxygen atoms in total. The van der Waals surface area contributed by atoms with Gasteiger partial charge in [0, 0.05) is 13.0 Å². The first-order valence-corrected chi connectivity index (χ1v) is 6.79. The molecule has 1 atom stereocenters. The van der Waals surface area contributed by atoms with Crippen LogP contribution in [-0.2, 0) is 4.79 Å². The van der Waals surface area contributed by atoms with Crippen molar-refractivity contribution in [1.29, 1.82) is 0 Å². The third-order valence-electron chi connectivity index (χ3n) is 3.26. The van der Waals surface area contributed by atoms with Crippen molar-refractivity contribution in [2.45, 2.75) is 26.7 Å². The number of nitrogens with zero attached hydrogens (tertiary/aromatic N) is 2. The molecule has 1 amide bonds. The minimum atomic E-state index is -0.0555. The van der Waals surface area contributed by atoms with Gasteiger partial charge in [-0.3, -0.25) is 4.79 Å². The highest BCUT2D eigenvalue weighted by Gasteiger charge is 2.30. The fraction of sp³-hybridized carbons (Fsp3) is 0.467. The summed E-state index contributed by atoms with van der Waals surface area (Å²) in [5, 5.41) is 5.94. The van der Waals surface area contributed by atoms with E-state index in [1.165, 1.54) is 0 Å². The van der Waals surface area contributed by atoms with Crippen LogP contribution in [0.3, 0.4) is 0 Å². The maximum Gasteiger partial charge on any atom is 0.251 e. The molecule has 0 aromatic heterocycles. The van der Waals surface area contributed by atoms with E-state index in [1.54, 1.807) is 5.01 Å². The third-order valence-corrected chi connectivity index (χ3v) is 3.26. The van der Waals surface area contributed by atoms with Gasteiger partial charge in [-0.25, -0.2) is 5.01 Å². The number of rotatable bonds is 6. The van der Waals surface area contributed by atoms with Crippen LogP contribution in [0.4, 0.5) is 0 Å². The van der Waals surface area contributed by atoms with Crippen LogP contribution in [0.15, 0.2) is 35.4 Å². The van der Waals surface area contributed by atoms with Crippen LogP contribution >= 0.6 is 0 Å². The standard InChI is InChI=1S/C15H20N2O2/c1-3-14-12(2)15(18)17(16-14)10-7-11-19-13-8-5-4-6-9-13/h4-6,8-9,12H,3,7,10-11H2,1-2H3. The lowest BCUT2D eigenvalue weighted by Gasteiger charge is -2.13. The van der Waals surface area contributed by atoms with Crippen molar-refractivity contribution in [3.05, 3.63) is 30.3 Å². The number of amides is 1. The molecule has 1 heterocycles. The summed E-state index contributed by atoms with van der Waals surface area (Å²) < 4.78 is 5.59. The van der Waals surface area contributed by atoms with Crippen LogP contribution < -0.4 is 4.74 Å². The van der Waals surface area contributed by atoms with Gasteiger partial charge in [0.1, 0.15) is 5.75 Å². The predicted octanol–water partition coefficient (Wildman–Crippen LogP) is 2.70. The fourth-order valence-electron chi connectivity index (χ4n) is 2.12. The average molecular weight is 260 g/mol. The van der Waals surface area contributed by atoms with Crippen LogP contribution in [0.2, 0.25) is 0 Å². The quantitative estimate of drug-likeness (QED) is 0.738. The lowest BCUT2D eigenvalue weighted by atomic mass is 10.0. The lowest BCUT2D eigenvalue weighted by Crippen LogP contribution is -2.27. The van der Waals surface area contributed by atoms with Crippen molar-refractivity contribution in [2.75, 3.05) is 13.2 Å². The van der Waals surface area contributed by atoms with Gasteiger partial charge in [0.15, 0.2) is 0 Å². The molecule has 0 saturated carbocycles. The Labute approximate surface area is 114 Å². The Balaban J connectivity index is 1.75. The summed E-state index contributed by atoms with van der Waals surface area (Å²) in [6, 6.07) is 9.70. The summed E-state index contributed by atoms with van der Waals surface area (Å²) in [6.45, 7) is 5.18. The Morgan fingerprint density at radius 3 is 2.68 bits per heavy atom. The summed E-state index contributed by atoms with van der Waals surface area (Å²) in [6.07, 6.45) is 1.62. The van der Waals surface area contributed by atoms with Crippen molar-refractivity contribution in [1.82, 2.24) is 5.01 Å². The molecule has 1 aromatic carbocycles. The molecule has 2 rings (SSSR count). The zero-order valence-electron chi connectivity index (χ0n) is 11.5. The molecule has 0 fully saturated rings. The number of carbonyl (C=O) groups is 1. The molecular weight excluding hydrogens is 240 g/mol. The van der Waals surface area contributed by atoms with E-state index >= 15 is 0 Å². The molecule has 102 valence electrons. The highest BCUT2D eigenvalue weighted by molar-refractivity contribution is 6.07. The second-order valence-corrected chi connectivity index (χ2v) is 4.64. The van der Waals surface area contributed by atoms with Gasteiger partial charge in [0.25, 0.3) is 5.91 Å².